The first-order valence-corrected chi connectivity index (χ1v) is 11.6. The van der Waals surface area contributed by atoms with Crippen molar-refractivity contribution in [2.45, 2.75) is 58.2 Å². The van der Waals surface area contributed by atoms with Crippen molar-refractivity contribution in [3.8, 4) is 0 Å². The van der Waals surface area contributed by atoms with Gasteiger partial charge in [-0.2, -0.15) is 5.10 Å². The number of hydrogen-bond donors (Lipinski definition) is 2. The molecule has 1 aromatic heterocycles. The number of guanidine groups is 1. The Balaban J connectivity index is 1.33. The zero-order valence-corrected chi connectivity index (χ0v) is 18.5. The molecule has 7 nitrogen and oxygen atoms in total. The Morgan fingerprint density at radius 1 is 1.19 bits per heavy atom. The monoisotopic (exact) mass is 422 g/mol. The molecule has 1 aliphatic carbocycles. The lowest BCUT2D eigenvalue weighted by Gasteiger charge is -2.21. The van der Waals surface area contributed by atoms with Crippen LogP contribution in [0.5, 0.6) is 0 Å². The summed E-state index contributed by atoms with van der Waals surface area (Å²) in [5.41, 5.74) is 2.39. The molecule has 0 spiro atoms. The highest BCUT2D eigenvalue weighted by molar-refractivity contribution is 5.81. The van der Waals surface area contributed by atoms with Crippen LogP contribution in [0.15, 0.2) is 47.7 Å². The van der Waals surface area contributed by atoms with Crippen LogP contribution >= 0.6 is 0 Å². The van der Waals surface area contributed by atoms with Gasteiger partial charge < -0.3 is 15.5 Å². The van der Waals surface area contributed by atoms with Gasteiger partial charge in [-0.1, -0.05) is 37.1 Å². The first kappa shape index (κ1) is 21.4. The van der Waals surface area contributed by atoms with Crippen LogP contribution in [0, 0.1) is 5.92 Å². The fourth-order valence-corrected chi connectivity index (χ4v) is 4.60. The van der Waals surface area contributed by atoms with Crippen LogP contribution in [-0.4, -0.2) is 52.2 Å². The molecule has 2 fully saturated rings. The molecule has 1 aliphatic heterocycles. The van der Waals surface area contributed by atoms with Gasteiger partial charge in [0, 0.05) is 44.0 Å². The summed E-state index contributed by atoms with van der Waals surface area (Å²) >= 11 is 0. The highest BCUT2D eigenvalue weighted by Crippen LogP contribution is 2.27. The Bertz CT molecular complexity index is 872. The molecule has 1 atom stereocenters. The van der Waals surface area contributed by atoms with E-state index >= 15 is 0 Å². The van der Waals surface area contributed by atoms with Crippen LogP contribution in [-0.2, 0) is 17.9 Å². The lowest BCUT2D eigenvalue weighted by molar-refractivity contribution is -0.134. The normalized spacial score (nSPS) is 19.7. The molecule has 2 aromatic rings. The quantitative estimate of drug-likeness (QED) is 0.532. The predicted octanol–water partition coefficient (Wildman–Crippen LogP) is 2.78. The minimum atomic E-state index is 0.259. The van der Waals surface area contributed by atoms with E-state index in [1.807, 2.05) is 16.9 Å². The number of likely N-dealkylation sites (tertiary alicyclic amines) is 1. The van der Waals surface area contributed by atoms with Crippen molar-refractivity contribution in [2.24, 2.45) is 10.9 Å². The molecular formula is C24H34N6O. The molecular weight excluding hydrogens is 388 g/mol. The number of carbonyl (C=O) groups excluding carboxylic acids is 1. The van der Waals surface area contributed by atoms with Crippen molar-refractivity contribution in [1.82, 2.24) is 25.3 Å². The molecule has 4 rings (SSSR count). The van der Waals surface area contributed by atoms with Crippen LogP contribution in [0.1, 0.15) is 50.2 Å². The molecule has 1 amide bonds. The van der Waals surface area contributed by atoms with Gasteiger partial charge in [-0.05, 0) is 43.4 Å². The zero-order chi connectivity index (χ0) is 21.5. The number of aromatic nitrogens is 2. The summed E-state index contributed by atoms with van der Waals surface area (Å²) in [5.74, 6) is 1.44. The van der Waals surface area contributed by atoms with E-state index in [1.165, 1.54) is 24.0 Å². The van der Waals surface area contributed by atoms with Crippen molar-refractivity contribution < 1.29 is 4.79 Å². The van der Waals surface area contributed by atoms with Gasteiger partial charge in [-0.25, -0.2) is 4.99 Å². The first-order chi connectivity index (χ1) is 15.2. The molecule has 2 N–H and O–H groups in total. The minimum absolute atomic E-state index is 0.259. The number of amides is 1. The first-order valence-electron chi connectivity index (χ1n) is 11.6. The highest BCUT2D eigenvalue weighted by Gasteiger charge is 2.32. The standard InChI is InChI=1S/C24H34N6O/c1-2-25-24(28-22-11-14-29(18-22)23(31)21-9-3-4-10-21)26-16-19-7-5-8-20(15-19)17-30-13-6-12-27-30/h5-8,12-13,15,21-22H,2-4,9-11,14,16-18H2,1H3,(H2,25,26,28). The fraction of sp³-hybridized carbons (Fsp3) is 0.542. The highest BCUT2D eigenvalue weighted by atomic mass is 16.2. The number of nitrogens with zero attached hydrogens (tertiary/aromatic N) is 4. The van der Waals surface area contributed by atoms with Crippen molar-refractivity contribution in [1.29, 1.82) is 0 Å². The summed E-state index contributed by atoms with van der Waals surface area (Å²) in [6.45, 7) is 5.88. The van der Waals surface area contributed by atoms with Gasteiger partial charge in [-0.15, -0.1) is 0 Å². The van der Waals surface area contributed by atoms with E-state index in [0.29, 0.717) is 12.5 Å². The Hall–Kier alpha value is -2.83. The second-order valence-corrected chi connectivity index (χ2v) is 8.61. The van der Waals surface area contributed by atoms with Gasteiger partial charge in [0.25, 0.3) is 0 Å². The van der Waals surface area contributed by atoms with E-state index in [4.69, 9.17) is 4.99 Å². The number of aliphatic imine (C=N–C) groups is 1. The van der Waals surface area contributed by atoms with Crippen LogP contribution in [0.2, 0.25) is 0 Å². The van der Waals surface area contributed by atoms with E-state index in [9.17, 15) is 4.79 Å². The second kappa shape index (κ2) is 10.5. The summed E-state index contributed by atoms with van der Waals surface area (Å²) in [6, 6.07) is 10.7. The van der Waals surface area contributed by atoms with Gasteiger partial charge in [0.15, 0.2) is 5.96 Å². The van der Waals surface area contributed by atoms with Gasteiger partial charge >= 0.3 is 0 Å². The van der Waals surface area contributed by atoms with Crippen LogP contribution < -0.4 is 10.6 Å². The summed E-state index contributed by atoms with van der Waals surface area (Å²) in [5, 5.41) is 11.2. The summed E-state index contributed by atoms with van der Waals surface area (Å²) < 4.78 is 1.92. The average molecular weight is 423 g/mol. The molecule has 31 heavy (non-hydrogen) atoms. The molecule has 1 unspecified atom stereocenters. The molecule has 0 radical (unpaired) electrons. The lowest BCUT2D eigenvalue weighted by Crippen LogP contribution is -2.45. The fourth-order valence-electron chi connectivity index (χ4n) is 4.60. The zero-order valence-electron chi connectivity index (χ0n) is 18.5. The third kappa shape index (κ3) is 5.87. The number of nitrogens with one attached hydrogen (secondary N) is 2. The van der Waals surface area contributed by atoms with Crippen molar-refractivity contribution in [3.63, 3.8) is 0 Å². The molecule has 1 aromatic carbocycles. The molecule has 1 saturated carbocycles. The van der Waals surface area contributed by atoms with Gasteiger partial charge in [0.1, 0.15) is 0 Å². The van der Waals surface area contributed by atoms with E-state index in [1.54, 1.807) is 6.20 Å². The molecule has 166 valence electrons. The van der Waals surface area contributed by atoms with E-state index in [0.717, 1.165) is 51.4 Å². The molecule has 0 bridgehead atoms. The smallest absolute Gasteiger partial charge is 0.225 e. The van der Waals surface area contributed by atoms with Gasteiger partial charge in [0.2, 0.25) is 5.91 Å². The second-order valence-electron chi connectivity index (χ2n) is 8.61. The molecule has 2 aliphatic rings. The largest absolute Gasteiger partial charge is 0.357 e. The number of hydrogen-bond acceptors (Lipinski definition) is 3. The number of carbonyl (C=O) groups is 1. The van der Waals surface area contributed by atoms with E-state index in [2.05, 4.69) is 51.8 Å². The third-order valence-corrected chi connectivity index (χ3v) is 6.20. The Morgan fingerprint density at radius 3 is 2.81 bits per heavy atom. The average Bonchev–Trinajstić information content (AvgIpc) is 3.55. The maximum absolute atomic E-state index is 12.7. The van der Waals surface area contributed by atoms with E-state index < -0.39 is 0 Å². The van der Waals surface area contributed by atoms with E-state index in [-0.39, 0.29) is 12.0 Å². The van der Waals surface area contributed by atoms with Crippen LogP contribution in [0.3, 0.4) is 0 Å². The molecule has 2 heterocycles. The lowest BCUT2D eigenvalue weighted by atomic mass is 10.1. The minimum Gasteiger partial charge on any atom is -0.357 e. The Kier molecular flexibility index (Phi) is 7.22. The maximum Gasteiger partial charge on any atom is 0.225 e. The molecule has 1 saturated heterocycles. The van der Waals surface area contributed by atoms with Gasteiger partial charge in [-0.3, -0.25) is 9.48 Å². The number of benzene rings is 1. The SMILES string of the molecule is CCNC(=NCc1cccc(Cn2cccn2)c1)NC1CCN(C(=O)C2CCCC2)C1. The predicted molar refractivity (Wildman–Crippen MR) is 123 cm³/mol. The van der Waals surface area contributed by atoms with Crippen molar-refractivity contribution in [3.05, 3.63) is 53.9 Å². The van der Waals surface area contributed by atoms with Crippen molar-refractivity contribution >= 4 is 11.9 Å². The molecule has 7 heteroatoms. The van der Waals surface area contributed by atoms with Crippen molar-refractivity contribution in [2.75, 3.05) is 19.6 Å². The van der Waals surface area contributed by atoms with Crippen LogP contribution in [0.4, 0.5) is 0 Å². The third-order valence-electron chi connectivity index (χ3n) is 6.20. The Morgan fingerprint density at radius 2 is 2.03 bits per heavy atom. The summed E-state index contributed by atoms with van der Waals surface area (Å²) in [6.07, 6.45) is 9.28. The van der Waals surface area contributed by atoms with Gasteiger partial charge in [0.05, 0.1) is 13.1 Å². The maximum atomic E-state index is 12.7. The summed E-state index contributed by atoms with van der Waals surface area (Å²) in [7, 11) is 0. The topological polar surface area (TPSA) is 74.6 Å². The Labute approximate surface area is 184 Å². The summed E-state index contributed by atoms with van der Waals surface area (Å²) in [4.78, 5) is 19.6. The number of rotatable bonds is 7. The van der Waals surface area contributed by atoms with Crippen LogP contribution in [0.25, 0.3) is 0 Å².